The average Bonchev–Trinajstić information content (AvgIpc) is 3.24. The highest BCUT2D eigenvalue weighted by molar-refractivity contribution is 7.17. The van der Waals surface area contributed by atoms with Gasteiger partial charge in [-0.15, -0.1) is 11.3 Å². The lowest BCUT2D eigenvalue weighted by Gasteiger charge is -2.18. The molecule has 6 nitrogen and oxygen atoms in total. The van der Waals surface area contributed by atoms with Gasteiger partial charge in [0.2, 0.25) is 0 Å². The first-order valence-corrected chi connectivity index (χ1v) is 9.96. The number of hydrogen-bond donors (Lipinski definition) is 1. The Morgan fingerprint density at radius 1 is 0.966 bits per heavy atom. The van der Waals surface area contributed by atoms with E-state index in [0.717, 1.165) is 16.2 Å². The Labute approximate surface area is 172 Å². The second-order valence-corrected chi connectivity index (χ2v) is 7.81. The predicted molar refractivity (Wildman–Crippen MR) is 113 cm³/mol. The van der Waals surface area contributed by atoms with Gasteiger partial charge >= 0.3 is 0 Å². The molecule has 0 radical (unpaired) electrons. The summed E-state index contributed by atoms with van der Waals surface area (Å²) in [6, 6.07) is 16.4. The normalized spacial score (nSPS) is 12.3. The maximum absolute atomic E-state index is 12.8. The van der Waals surface area contributed by atoms with Crippen LogP contribution in [-0.4, -0.2) is 44.0 Å². The van der Waals surface area contributed by atoms with E-state index in [1.165, 1.54) is 16.2 Å². The summed E-state index contributed by atoms with van der Waals surface area (Å²) in [6.45, 7) is 1.08. The van der Waals surface area contributed by atoms with E-state index in [-0.39, 0.29) is 11.8 Å². The van der Waals surface area contributed by atoms with Crippen molar-refractivity contribution in [3.8, 4) is 21.9 Å². The van der Waals surface area contributed by atoms with Gasteiger partial charge in [-0.05, 0) is 48.0 Å². The molecule has 0 saturated heterocycles. The van der Waals surface area contributed by atoms with Crippen LogP contribution >= 0.6 is 11.3 Å². The standard InChI is InChI=1S/C22H20N2O4S/c1-24(2)22(26)15-5-3-4-6-16(15)23-21(25)20-10-9-19(29-20)14-7-8-17-18(13-14)28-12-11-27-17/h3-10,13H,11-12H2,1-2H3,(H,23,25). The number of para-hydroxylation sites is 1. The fraction of sp³-hybridized carbons (Fsp3) is 0.182. The van der Waals surface area contributed by atoms with Gasteiger partial charge in [-0.25, -0.2) is 0 Å². The van der Waals surface area contributed by atoms with E-state index in [2.05, 4.69) is 5.32 Å². The lowest BCUT2D eigenvalue weighted by Crippen LogP contribution is -2.23. The Kier molecular flexibility index (Phi) is 5.22. The summed E-state index contributed by atoms with van der Waals surface area (Å²) in [5.41, 5.74) is 1.90. The maximum Gasteiger partial charge on any atom is 0.265 e. The fourth-order valence-corrected chi connectivity index (χ4v) is 3.91. The van der Waals surface area contributed by atoms with E-state index in [4.69, 9.17) is 9.47 Å². The van der Waals surface area contributed by atoms with Gasteiger partial charge < -0.3 is 19.7 Å². The zero-order valence-corrected chi connectivity index (χ0v) is 16.9. The summed E-state index contributed by atoms with van der Waals surface area (Å²) in [5, 5.41) is 2.86. The lowest BCUT2D eigenvalue weighted by atomic mass is 10.1. The molecule has 1 aliphatic heterocycles. The number of thiophene rings is 1. The lowest BCUT2D eigenvalue weighted by molar-refractivity contribution is 0.0828. The third-order valence-electron chi connectivity index (χ3n) is 4.47. The van der Waals surface area contributed by atoms with E-state index >= 15 is 0 Å². The van der Waals surface area contributed by atoms with E-state index in [1.807, 2.05) is 24.3 Å². The molecular formula is C22H20N2O4S. The molecule has 0 bridgehead atoms. The molecule has 0 aliphatic carbocycles. The van der Waals surface area contributed by atoms with Gasteiger partial charge in [0.15, 0.2) is 11.5 Å². The van der Waals surface area contributed by atoms with Gasteiger partial charge in [-0.2, -0.15) is 0 Å². The number of anilines is 1. The van der Waals surface area contributed by atoms with Crippen LogP contribution in [0.5, 0.6) is 11.5 Å². The largest absolute Gasteiger partial charge is 0.486 e. The first-order valence-electron chi connectivity index (χ1n) is 9.15. The van der Waals surface area contributed by atoms with Crippen LogP contribution in [0.25, 0.3) is 10.4 Å². The molecule has 1 N–H and O–H groups in total. The number of ether oxygens (including phenoxy) is 2. The van der Waals surface area contributed by atoms with Crippen LogP contribution in [0.15, 0.2) is 54.6 Å². The number of nitrogens with zero attached hydrogens (tertiary/aromatic N) is 1. The molecule has 2 aromatic carbocycles. The van der Waals surface area contributed by atoms with Crippen LogP contribution in [0, 0.1) is 0 Å². The van der Waals surface area contributed by atoms with Gasteiger partial charge in [0.05, 0.1) is 16.1 Å². The molecule has 4 rings (SSSR count). The summed E-state index contributed by atoms with van der Waals surface area (Å²) in [4.78, 5) is 28.1. The van der Waals surface area contributed by atoms with Gasteiger partial charge in [0.1, 0.15) is 13.2 Å². The van der Waals surface area contributed by atoms with Gasteiger partial charge in [-0.1, -0.05) is 12.1 Å². The number of carbonyl (C=O) groups excluding carboxylic acids is 2. The van der Waals surface area contributed by atoms with E-state index in [1.54, 1.807) is 44.4 Å². The Morgan fingerprint density at radius 2 is 1.72 bits per heavy atom. The summed E-state index contributed by atoms with van der Waals surface area (Å²) in [7, 11) is 3.36. The highest BCUT2D eigenvalue weighted by Crippen LogP contribution is 2.37. The fourth-order valence-electron chi connectivity index (χ4n) is 3.02. The van der Waals surface area contributed by atoms with E-state index in [0.29, 0.717) is 35.1 Å². The van der Waals surface area contributed by atoms with Crippen LogP contribution in [0.4, 0.5) is 5.69 Å². The van der Waals surface area contributed by atoms with Gasteiger partial charge in [-0.3, -0.25) is 9.59 Å². The Bertz CT molecular complexity index is 1070. The molecule has 148 valence electrons. The zero-order chi connectivity index (χ0) is 20.4. The molecule has 0 spiro atoms. The van der Waals surface area contributed by atoms with E-state index < -0.39 is 0 Å². The number of amides is 2. The number of hydrogen-bond acceptors (Lipinski definition) is 5. The Morgan fingerprint density at radius 3 is 2.52 bits per heavy atom. The number of benzene rings is 2. The molecule has 2 amide bonds. The average molecular weight is 408 g/mol. The molecule has 0 fully saturated rings. The third-order valence-corrected chi connectivity index (χ3v) is 5.60. The smallest absolute Gasteiger partial charge is 0.265 e. The van der Waals surface area contributed by atoms with Crippen LogP contribution in [-0.2, 0) is 0 Å². The summed E-state index contributed by atoms with van der Waals surface area (Å²) < 4.78 is 11.2. The second kappa shape index (κ2) is 7.97. The molecule has 2 heterocycles. The summed E-state index contributed by atoms with van der Waals surface area (Å²) >= 11 is 1.38. The van der Waals surface area contributed by atoms with Crippen molar-refractivity contribution < 1.29 is 19.1 Å². The van der Waals surface area contributed by atoms with Gasteiger partial charge in [0.25, 0.3) is 11.8 Å². The van der Waals surface area contributed by atoms with E-state index in [9.17, 15) is 9.59 Å². The van der Waals surface area contributed by atoms with Crippen LogP contribution in [0.3, 0.4) is 0 Å². The molecule has 3 aromatic rings. The highest BCUT2D eigenvalue weighted by Gasteiger charge is 2.18. The van der Waals surface area contributed by atoms with Crippen molar-refractivity contribution in [1.82, 2.24) is 4.90 Å². The molecule has 1 aliphatic rings. The Hall–Kier alpha value is -3.32. The first kappa shape index (κ1) is 19.0. The molecule has 0 unspecified atom stereocenters. The molecule has 0 saturated carbocycles. The molecular weight excluding hydrogens is 388 g/mol. The topological polar surface area (TPSA) is 67.9 Å². The third kappa shape index (κ3) is 3.95. The maximum atomic E-state index is 12.8. The monoisotopic (exact) mass is 408 g/mol. The summed E-state index contributed by atoms with van der Waals surface area (Å²) in [6.07, 6.45) is 0. The van der Waals surface area contributed by atoms with Gasteiger partial charge in [0, 0.05) is 19.0 Å². The van der Waals surface area contributed by atoms with Crippen molar-refractivity contribution in [3.63, 3.8) is 0 Å². The molecule has 1 aromatic heterocycles. The minimum atomic E-state index is -0.252. The highest BCUT2D eigenvalue weighted by atomic mass is 32.1. The number of rotatable bonds is 4. The van der Waals surface area contributed by atoms with Crippen LogP contribution < -0.4 is 14.8 Å². The molecule has 0 atom stereocenters. The van der Waals surface area contributed by atoms with Crippen molar-refractivity contribution in [2.45, 2.75) is 0 Å². The molecule has 7 heteroatoms. The van der Waals surface area contributed by atoms with Crippen LogP contribution in [0.1, 0.15) is 20.0 Å². The second-order valence-electron chi connectivity index (χ2n) is 6.72. The summed E-state index contributed by atoms with van der Waals surface area (Å²) in [5.74, 6) is 1.03. The Balaban J connectivity index is 1.55. The zero-order valence-electron chi connectivity index (χ0n) is 16.1. The van der Waals surface area contributed by atoms with Crippen molar-refractivity contribution in [1.29, 1.82) is 0 Å². The van der Waals surface area contributed by atoms with Crippen molar-refractivity contribution in [2.24, 2.45) is 0 Å². The minimum Gasteiger partial charge on any atom is -0.486 e. The predicted octanol–water partition coefficient (Wildman–Crippen LogP) is 4.14. The molecule has 29 heavy (non-hydrogen) atoms. The quantitative estimate of drug-likeness (QED) is 0.705. The number of fused-ring (bicyclic) bond motifs is 1. The van der Waals surface area contributed by atoms with Crippen molar-refractivity contribution in [3.05, 3.63) is 65.0 Å². The van der Waals surface area contributed by atoms with Crippen molar-refractivity contribution >= 4 is 28.8 Å². The number of carbonyl (C=O) groups is 2. The first-order chi connectivity index (χ1) is 14.0. The SMILES string of the molecule is CN(C)C(=O)c1ccccc1NC(=O)c1ccc(-c2ccc3c(c2)OCCO3)s1. The number of nitrogens with one attached hydrogen (secondary N) is 1. The minimum absolute atomic E-state index is 0.163. The van der Waals surface area contributed by atoms with Crippen LogP contribution in [0.2, 0.25) is 0 Å². The van der Waals surface area contributed by atoms with Crippen molar-refractivity contribution in [2.75, 3.05) is 32.6 Å².